The second kappa shape index (κ2) is 12.4. The van der Waals surface area contributed by atoms with Gasteiger partial charge in [-0.2, -0.15) is 0 Å². The smallest absolute Gasteiger partial charge is 0.191 e. The third-order valence-electron chi connectivity index (χ3n) is 5.08. The van der Waals surface area contributed by atoms with E-state index in [1.807, 2.05) is 18.2 Å². The number of piperidine rings is 1. The molecule has 0 aliphatic carbocycles. The number of hydrogen-bond donors (Lipinski definition) is 2. The van der Waals surface area contributed by atoms with E-state index in [0.29, 0.717) is 13.2 Å². The molecule has 1 aromatic rings. The average molecular weight is 373 g/mol. The molecule has 0 unspecified atom stereocenters. The van der Waals surface area contributed by atoms with E-state index in [1.54, 1.807) is 6.08 Å². The predicted molar refractivity (Wildman–Crippen MR) is 114 cm³/mol. The first-order chi connectivity index (χ1) is 13.3. The van der Waals surface area contributed by atoms with E-state index in [-0.39, 0.29) is 0 Å². The molecule has 1 aliphatic rings. The van der Waals surface area contributed by atoms with Crippen molar-refractivity contribution in [1.82, 2.24) is 15.5 Å². The van der Waals surface area contributed by atoms with Crippen molar-refractivity contribution in [3.8, 4) is 5.75 Å². The first-order valence-electron chi connectivity index (χ1n) is 10.3. The third kappa shape index (κ3) is 7.63. The van der Waals surface area contributed by atoms with E-state index in [0.717, 1.165) is 36.3 Å². The van der Waals surface area contributed by atoms with Gasteiger partial charge in [0.1, 0.15) is 12.4 Å². The molecule has 0 atom stereocenters. The molecule has 1 heterocycles. The second-order valence-corrected chi connectivity index (χ2v) is 7.00. The van der Waals surface area contributed by atoms with Gasteiger partial charge in [0.05, 0.1) is 6.54 Å². The number of para-hydroxylation sites is 1. The highest BCUT2D eigenvalue weighted by Gasteiger charge is 2.17. The molecule has 0 saturated carbocycles. The Morgan fingerprint density at radius 3 is 2.74 bits per heavy atom. The first kappa shape index (κ1) is 21.3. The van der Waals surface area contributed by atoms with Gasteiger partial charge >= 0.3 is 0 Å². The number of guanidine groups is 1. The minimum atomic E-state index is 0.510. The zero-order chi connectivity index (χ0) is 19.3. The van der Waals surface area contributed by atoms with Crippen molar-refractivity contribution in [3.63, 3.8) is 0 Å². The van der Waals surface area contributed by atoms with Crippen LogP contribution in [0.4, 0.5) is 0 Å². The Morgan fingerprint density at radius 2 is 2.04 bits per heavy atom. The minimum absolute atomic E-state index is 0.510. The van der Waals surface area contributed by atoms with Crippen molar-refractivity contribution < 1.29 is 4.74 Å². The summed E-state index contributed by atoms with van der Waals surface area (Å²) < 4.78 is 5.72. The highest BCUT2D eigenvalue weighted by Crippen LogP contribution is 2.20. The molecule has 5 nitrogen and oxygen atoms in total. The standard InChI is InChI=1S/C22H36N4O/c1-4-17-27-21-10-8-7-9-20(21)18-25-22(23-5-2)24-14-11-19-12-15-26(6-3)16-13-19/h4,7-10,19H,1,5-6,11-18H2,2-3H3,(H2,23,24,25). The molecule has 2 rings (SSSR count). The molecule has 1 saturated heterocycles. The highest BCUT2D eigenvalue weighted by atomic mass is 16.5. The van der Waals surface area contributed by atoms with Crippen LogP contribution in [0.5, 0.6) is 5.75 Å². The lowest BCUT2D eigenvalue weighted by atomic mass is 9.93. The molecule has 27 heavy (non-hydrogen) atoms. The van der Waals surface area contributed by atoms with E-state index < -0.39 is 0 Å². The fourth-order valence-electron chi connectivity index (χ4n) is 3.42. The minimum Gasteiger partial charge on any atom is -0.489 e. The number of nitrogens with zero attached hydrogens (tertiary/aromatic N) is 2. The number of aliphatic imine (C=N–C) groups is 1. The van der Waals surface area contributed by atoms with E-state index in [2.05, 4.69) is 42.0 Å². The Balaban J connectivity index is 1.83. The molecule has 5 heteroatoms. The molecule has 0 radical (unpaired) electrons. The van der Waals surface area contributed by atoms with Crippen molar-refractivity contribution >= 4 is 5.96 Å². The van der Waals surface area contributed by atoms with E-state index in [1.165, 1.54) is 38.9 Å². The van der Waals surface area contributed by atoms with Gasteiger partial charge in [-0.25, -0.2) is 4.99 Å². The van der Waals surface area contributed by atoms with Crippen LogP contribution in [0.1, 0.15) is 38.7 Å². The lowest BCUT2D eigenvalue weighted by Gasteiger charge is -2.31. The monoisotopic (exact) mass is 372 g/mol. The number of nitrogens with one attached hydrogen (secondary N) is 2. The molecule has 0 amide bonds. The Bertz CT molecular complexity index is 579. The van der Waals surface area contributed by atoms with Crippen LogP contribution in [0.3, 0.4) is 0 Å². The summed E-state index contributed by atoms with van der Waals surface area (Å²) in [5, 5.41) is 6.84. The summed E-state index contributed by atoms with van der Waals surface area (Å²) in [6.07, 6.45) is 5.60. The van der Waals surface area contributed by atoms with Gasteiger partial charge in [0.15, 0.2) is 5.96 Å². The summed E-state index contributed by atoms with van der Waals surface area (Å²) in [6, 6.07) is 8.05. The third-order valence-corrected chi connectivity index (χ3v) is 5.08. The summed E-state index contributed by atoms with van der Waals surface area (Å²) in [5.74, 6) is 2.58. The van der Waals surface area contributed by atoms with Crippen LogP contribution in [0.2, 0.25) is 0 Å². The average Bonchev–Trinajstić information content (AvgIpc) is 2.71. The van der Waals surface area contributed by atoms with Crippen molar-refractivity contribution in [1.29, 1.82) is 0 Å². The molecule has 0 aromatic heterocycles. The summed E-state index contributed by atoms with van der Waals surface area (Å²) in [6.45, 7) is 14.7. The number of benzene rings is 1. The number of rotatable bonds is 10. The number of ether oxygens (including phenoxy) is 1. The van der Waals surface area contributed by atoms with Gasteiger partial charge in [0.25, 0.3) is 0 Å². The quantitative estimate of drug-likeness (QED) is 0.375. The molecule has 1 aromatic carbocycles. The van der Waals surface area contributed by atoms with Gasteiger partial charge < -0.3 is 20.3 Å². The van der Waals surface area contributed by atoms with Crippen molar-refractivity contribution in [2.75, 3.05) is 39.3 Å². The summed E-state index contributed by atoms with van der Waals surface area (Å²) in [5.41, 5.74) is 1.09. The van der Waals surface area contributed by atoms with Crippen LogP contribution in [0.15, 0.2) is 41.9 Å². The Morgan fingerprint density at radius 1 is 1.26 bits per heavy atom. The van der Waals surface area contributed by atoms with Crippen molar-refractivity contribution in [2.45, 2.75) is 39.7 Å². The maximum absolute atomic E-state index is 5.72. The molecule has 2 N–H and O–H groups in total. The summed E-state index contributed by atoms with van der Waals surface area (Å²) in [4.78, 5) is 7.28. The van der Waals surface area contributed by atoms with Crippen LogP contribution in [0, 0.1) is 5.92 Å². The lowest BCUT2D eigenvalue weighted by Crippen LogP contribution is -2.39. The molecule has 0 spiro atoms. The fraction of sp³-hybridized carbons (Fsp3) is 0.591. The van der Waals surface area contributed by atoms with Crippen LogP contribution < -0.4 is 15.4 Å². The first-order valence-corrected chi connectivity index (χ1v) is 10.3. The van der Waals surface area contributed by atoms with Crippen LogP contribution >= 0.6 is 0 Å². The van der Waals surface area contributed by atoms with Gasteiger partial charge in [-0.1, -0.05) is 37.8 Å². The van der Waals surface area contributed by atoms with Gasteiger partial charge in [-0.3, -0.25) is 0 Å². The normalized spacial score (nSPS) is 16.1. The maximum atomic E-state index is 5.72. The molecule has 0 bridgehead atoms. The second-order valence-electron chi connectivity index (χ2n) is 7.00. The van der Waals surface area contributed by atoms with Crippen molar-refractivity contribution in [2.24, 2.45) is 10.9 Å². The lowest BCUT2D eigenvalue weighted by molar-refractivity contribution is 0.187. The van der Waals surface area contributed by atoms with E-state index >= 15 is 0 Å². The van der Waals surface area contributed by atoms with Crippen LogP contribution in [-0.2, 0) is 6.54 Å². The molecule has 1 aliphatic heterocycles. The highest BCUT2D eigenvalue weighted by molar-refractivity contribution is 5.79. The van der Waals surface area contributed by atoms with Gasteiger partial charge in [-0.15, -0.1) is 0 Å². The van der Waals surface area contributed by atoms with Gasteiger partial charge in [0.2, 0.25) is 0 Å². The zero-order valence-corrected chi connectivity index (χ0v) is 17.0. The number of hydrogen-bond acceptors (Lipinski definition) is 3. The van der Waals surface area contributed by atoms with Gasteiger partial charge in [0, 0.05) is 18.7 Å². The topological polar surface area (TPSA) is 48.9 Å². The number of likely N-dealkylation sites (tertiary alicyclic amines) is 1. The Labute approximate surface area is 164 Å². The Hall–Kier alpha value is -2.01. The van der Waals surface area contributed by atoms with Gasteiger partial charge in [-0.05, 0) is 57.8 Å². The van der Waals surface area contributed by atoms with E-state index in [4.69, 9.17) is 9.73 Å². The summed E-state index contributed by atoms with van der Waals surface area (Å²) in [7, 11) is 0. The zero-order valence-electron chi connectivity index (χ0n) is 17.0. The molecular formula is C22H36N4O. The maximum Gasteiger partial charge on any atom is 0.191 e. The fourth-order valence-corrected chi connectivity index (χ4v) is 3.42. The van der Waals surface area contributed by atoms with Crippen molar-refractivity contribution in [3.05, 3.63) is 42.5 Å². The molecular weight excluding hydrogens is 336 g/mol. The van der Waals surface area contributed by atoms with Crippen LogP contribution in [0.25, 0.3) is 0 Å². The largest absolute Gasteiger partial charge is 0.489 e. The van der Waals surface area contributed by atoms with Crippen LogP contribution in [-0.4, -0.2) is 50.2 Å². The Kier molecular flexibility index (Phi) is 9.77. The predicted octanol–water partition coefficient (Wildman–Crippen LogP) is 3.43. The van der Waals surface area contributed by atoms with E-state index in [9.17, 15) is 0 Å². The summed E-state index contributed by atoms with van der Waals surface area (Å²) >= 11 is 0. The molecule has 150 valence electrons. The SMILES string of the molecule is C=CCOc1ccccc1CN=C(NCC)NCCC1CCN(CC)CC1. The molecule has 1 fully saturated rings.